The van der Waals surface area contributed by atoms with E-state index in [4.69, 9.17) is 4.98 Å². The highest BCUT2D eigenvalue weighted by Gasteiger charge is 2.32. The molecular weight excluding hydrogens is 400 g/mol. The molecule has 0 bridgehead atoms. The predicted octanol–water partition coefficient (Wildman–Crippen LogP) is 2.62. The number of aromatic nitrogens is 2. The van der Waals surface area contributed by atoms with Crippen LogP contribution < -0.4 is 10.9 Å². The van der Waals surface area contributed by atoms with Crippen LogP contribution in [0, 0.1) is 12.8 Å². The molecule has 30 heavy (non-hydrogen) atoms. The Kier molecular flexibility index (Phi) is 5.13. The Morgan fingerprint density at radius 3 is 2.57 bits per heavy atom. The molecule has 1 aliphatic carbocycles. The lowest BCUT2D eigenvalue weighted by Crippen LogP contribution is -2.43. The normalized spacial score (nSPS) is 20.1. The molecule has 0 spiro atoms. The Hall–Kier alpha value is -2.22. The monoisotopic (exact) mass is 428 g/mol. The van der Waals surface area contributed by atoms with E-state index in [0.29, 0.717) is 53.6 Å². The molecule has 2 aromatic heterocycles. The van der Waals surface area contributed by atoms with Crippen LogP contribution in [0.25, 0.3) is 10.2 Å². The lowest BCUT2D eigenvalue weighted by molar-refractivity contribution is -0.126. The molecule has 1 saturated heterocycles. The molecule has 0 aromatic carbocycles. The van der Waals surface area contributed by atoms with Crippen LogP contribution in [0.4, 0.5) is 0 Å². The summed E-state index contributed by atoms with van der Waals surface area (Å²) >= 11 is 1.35. The summed E-state index contributed by atoms with van der Waals surface area (Å²) < 4.78 is 1.81. The molecule has 0 atom stereocenters. The summed E-state index contributed by atoms with van der Waals surface area (Å²) in [6.45, 7) is 3.75. The maximum absolute atomic E-state index is 13.2. The number of hydrogen-bond donors (Lipinski definition) is 1. The van der Waals surface area contributed by atoms with E-state index in [1.165, 1.54) is 11.3 Å². The summed E-state index contributed by atoms with van der Waals surface area (Å²) in [5, 5.41) is 3.68. The first-order valence-corrected chi connectivity index (χ1v) is 12.0. The summed E-state index contributed by atoms with van der Waals surface area (Å²) in [6, 6.07) is 0.375. The van der Waals surface area contributed by atoms with Gasteiger partial charge < -0.3 is 10.2 Å². The van der Waals surface area contributed by atoms with Crippen molar-refractivity contribution in [2.24, 2.45) is 5.92 Å². The van der Waals surface area contributed by atoms with Crippen LogP contribution >= 0.6 is 11.3 Å². The van der Waals surface area contributed by atoms with Gasteiger partial charge in [-0.3, -0.25) is 19.0 Å². The number of aryl methyl sites for hydroxylation is 2. The van der Waals surface area contributed by atoms with Gasteiger partial charge in [0.1, 0.15) is 10.7 Å². The van der Waals surface area contributed by atoms with Crippen molar-refractivity contribution in [3.8, 4) is 0 Å². The lowest BCUT2D eigenvalue weighted by atomic mass is 9.95. The van der Waals surface area contributed by atoms with E-state index >= 15 is 0 Å². The molecule has 5 rings (SSSR count). The van der Waals surface area contributed by atoms with Gasteiger partial charge in [-0.15, -0.1) is 11.3 Å². The van der Waals surface area contributed by atoms with Crippen molar-refractivity contribution in [1.29, 1.82) is 0 Å². The first-order valence-electron chi connectivity index (χ1n) is 11.2. The zero-order valence-corrected chi connectivity index (χ0v) is 18.2. The summed E-state index contributed by atoms with van der Waals surface area (Å²) in [4.78, 5) is 46.6. The molecule has 2 amide bonds. The molecule has 3 aliphatic rings. The van der Waals surface area contributed by atoms with Crippen LogP contribution in [0.15, 0.2) is 4.79 Å². The Morgan fingerprint density at radius 1 is 1.07 bits per heavy atom. The number of fused-ring (bicyclic) bond motifs is 2. The van der Waals surface area contributed by atoms with Gasteiger partial charge in [0, 0.05) is 38.0 Å². The van der Waals surface area contributed by atoms with Gasteiger partial charge in [0.05, 0.1) is 10.3 Å². The van der Waals surface area contributed by atoms with E-state index in [2.05, 4.69) is 5.32 Å². The van der Waals surface area contributed by atoms with Gasteiger partial charge in [0.15, 0.2) is 0 Å². The van der Waals surface area contributed by atoms with Gasteiger partial charge in [0.2, 0.25) is 5.91 Å². The maximum atomic E-state index is 13.2. The van der Waals surface area contributed by atoms with E-state index < -0.39 is 0 Å². The third kappa shape index (κ3) is 3.55. The molecular formula is C22H28N4O3S. The third-order valence-corrected chi connectivity index (χ3v) is 7.86. The van der Waals surface area contributed by atoms with Gasteiger partial charge in [-0.05, 0) is 51.0 Å². The third-order valence-electron chi connectivity index (χ3n) is 6.68. The highest BCUT2D eigenvalue weighted by molar-refractivity contribution is 7.20. The minimum Gasteiger partial charge on any atom is -0.353 e. The fourth-order valence-electron chi connectivity index (χ4n) is 4.65. The van der Waals surface area contributed by atoms with E-state index in [9.17, 15) is 14.4 Å². The summed E-state index contributed by atoms with van der Waals surface area (Å²) in [6.07, 6.45) is 7.57. The molecule has 0 radical (unpaired) electrons. The van der Waals surface area contributed by atoms with Gasteiger partial charge in [-0.1, -0.05) is 6.42 Å². The first-order chi connectivity index (χ1) is 14.5. The molecule has 7 nitrogen and oxygen atoms in total. The molecule has 0 unspecified atom stereocenters. The van der Waals surface area contributed by atoms with Crippen LogP contribution in [0.3, 0.4) is 0 Å². The molecule has 2 fully saturated rings. The summed E-state index contributed by atoms with van der Waals surface area (Å²) in [5.41, 5.74) is 0.755. The van der Waals surface area contributed by atoms with E-state index in [0.717, 1.165) is 49.9 Å². The quantitative estimate of drug-likeness (QED) is 0.815. The number of piperidine rings is 1. The number of nitrogens with zero attached hydrogens (tertiary/aromatic N) is 3. The average molecular weight is 429 g/mol. The van der Waals surface area contributed by atoms with Gasteiger partial charge in [-0.25, -0.2) is 4.98 Å². The Morgan fingerprint density at radius 2 is 1.83 bits per heavy atom. The second kappa shape index (κ2) is 7.80. The van der Waals surface area contributed by atoms with E-state index in [-0.39, 0.29) is 23.3 Å². The summed E-state index contributed by atoms with van der Waals surface area (Å²) in [5.74, 6) is 0.963. The van der Waals surface area contributed by atoms with Gasteiger partial charge in [0.25, 0.3) is 11.5 Å². The van der Waals surface area contributed by atoms with Crippen LogP contribution in [0.2, 0.25) is 0 Å². The molecule has 2 aromatic rings. The minimum absolute atomic E-state index is 0.000116. The highest BCUT2D eigenvalue weighted by atomic mass is 32.1. The molecule has 4 heterocycles. The zero-order chi connectivity index (χ0) is 20.8. The molecule has 1 N–H and O–H groups in total. The summed E-state index contributed by atoms with van der Waals surface area (Å²) in [7, 11) is 0. The second-order valence-electron chi connectivity index (χ2n) is 8.88. The van der Waals surface area contributed by atoms with Crippen molar-refractivity contribution in [1.82, 2.24) is 19.8 Å². The van der Waals surface area contributed by atoms with Crippen LogP contribution in [-0.4, -0.2) is 45.4 Å². The van der Waals surface area contributed by atoms with Crippen molar-refractivity contribution >= 4 is 33.4 Å². The lowest BCUT2D eigenvalue weighted by Gasteiger charge is -2.31. The Balaban J connectivity index is 1.36. The second-order valence-corrected chi connectivity index (χ2v) is 9.88. The Bertz CT molecular complexity index is 1060. The fraction of sp³-hybridized carbons (Fsp3) is 0.636. The highest BCUT2D eigenvalue weighted by Crippen LogP contribution is 2.31. The minimum atomic E-state index is -0.0313. The number of likely N-dealkylation sites (tertiary alicyclic amines) is 1. The number of thiophene rings is 1. The van der Waals surface area contributed by atoms with Crippen molar-refractivity contribution in [2.75, 3.05) is 13.1 Å². The largest absolute Gasteiger partial charge is 0.353 e. The SMILES string of the molecule is Cc1c(C(=O)N2CCC(C(=O)NC3CC3)CC2)sc2nc3n(c(=O)c12)CCCCC3. The number of carbonyl (C=O) groups is 2. The van der Waals surface area contributed by atoms with Gasteiger partial charge in [-0.2, -0.15) is 0 Å². The average Bonchev–Trinajstić information content (AvgIpc) is 3.53. The number of rotatable bonds is 3. The molecule has 160 valence electrons. The molecule has 2 aliphatic heterocycles. The van der Waals surface area contributed by atoms with E-state index in [1.807, 2.05) is 16.4 Å². The van der Waals surface area contributed by atoms with Gasteiger partial charge >= 0.3 is 0 Å². The maximum Gasteiger partial charge on any atom is 0.264 e. The standard InChI is InChI=1S/C22H28N4O3S/c1-13-17-20(24-16-5-3-2-4-10-26(16)21(17)28)30-18(13)22(29)25-11-8-14(9-12-25)19(27)23-15-6-7-15/h14-15H,2-12H2,1H3,(H,23,27). The molecule has 1 saturated carbocycles. The van der Waals surface area contributed by atoms with Crippen LogP contribution in [-0.2, 0) is 17.8 Å². The number of hydrogen-bond acceptors (Lipinski definition) is 5. The van der Waals surface area contributed by atoms with Crippen molar-refractivity contribution in [3.63, 3.8) is 0 Å². The predicted molar refractivity (Wildman–Crippen MR) is 116 cm³/mol. The molecule has 8 heteroatoms. The zero-order valence-electron chi connectivity index (χ0n) is 17.4. The van der Waals surface area contributed by atoms with Crippen molar-refractivity contribution in [3.05, 3.63) is 26.6 Å². The van der Waals surface area contributed by atoms with Crippen molar-refractivity contribution in [2.45, 2.75) is 70.9 Å². The first kappa shape index (κ1) is 19.7. The van der Waals surface area contributed by atoms with Crippen LogP contribution in [0.5, 0.6) is 0 Å². The van der Waals surface area contributed by atoms with Crippen LogP contribution in [0.1, 0.15) is 66.0 Å². The number of carbonyl (C=O) groups excluding carboxylic acids is 2. The topological polar surface area (TPSA) is 84.3 Å². The number of nitrogens with one attached hydrogen (secondary N) is 1. The Labute approximate surface area is 179 Å². The smallest absolute Gasteiger partial charge is 0.264 e. The number of amides is 2. The van der Waals surface area contributed by atoms with Crippen molar-refractivity contribution < 1.29 is 9.59 Å². The fourth-order valence-corrected chi connectivity index (χ4v) is 5.81. The van der Waals surface area contributed by atoms with E-state index in [1.54, 1.807) is 0 Å².